The molecule has 0 bridgehead atoms. The van der Waals surface area contributed by atoms with Crippen molar-refractivity contribution in [3.8, 4) is 5.75 Å². The van der Waals surface area contributed by atoms with Crippen LogP contribution in [0.25, 0.3) is 0 Å². The monoisotopic (exact) mass is 255 g/mol. The summed E-state index contributed by atoms with van der Waals surface area (Å²) < 4.78 is 5.32. The second-order valence-corrected chi connectivity index (χ2v) is 4.92. The van der Waals surface area contributed by atoms with Gasteiger partial charge >= 0.3 is 0 Å². The van der Waals surface area contributed by atoms with E-state index < -0.39 is 0 Å². The third-order valence-electron chi connectivity index (χ3n) is 3.29. The lowest BCUT2D eigenvalue weighted by Gasteiger charge is -2.28. The Hall–Kier alpha value is -0.770. The van der Waals surface area contributed by atoms with E-state index in [4.69, 9.17) is 16.3 Å². The molecule has 3 nitrogen and oxygen atoms in total. The zero-order valence-corrected chi connectivity index (χ0v) is 10.7. The predicted octanol–water partition coefficient (Wildman–Crippen LogP) is 1.86. The van der Waals surface area contributed by atoms with Crippen LogP contribution in [0.3, 0.4) is 0 Å². The van der Waals surface area contributed by atoms with Gasteiger partial charge in [-0.05, 0) is 43.1 Å². The van der Waals surface area contributed by atoms with Crippen LogP contribution in [0.1, 0.15) is 12.0 Å². The molecule has 2 unspecified atom stereocenters. The number of rotatable bonds is 3. The Morgan fingerprint density at radius 3 is 3.06 bits per heavy atom. The summed E-state index contributed by atoms with van der Waals surface area (Å²) in [5, 5.41) is 14.0. The average molecular weight is 256 g/mol. The molecule has 1 aromatic carbocycles. The second-order valence-electron chi connectivity index (χ2n) is 4.48. The van der Waals surface area contributed by atoms with E-state index in [1.54, 1.807) is 7.11 Å². The number of halogens is 1. The highest BCUT2D eigenvalue weighted by Gasteiger charge is 2.24. The molecule has 1 aliphatic rings. The molecule has 2 atom stereocenters. The zero-order valence-electron chi connectivity index (χ0n) is 9.95. The van der Waals surface area contributed by atoms with Crippen LogP contribution in [0.15, 0.2) is 18.2 Å². The number of ether oxygens (including phenoxy) is 1. The largest absolute Gasteiger partial charge is 0.496 e. The van der Waals surface area contributed by atoms with E-state index in [0.717, 1.165) is 37.2 Å². The summed E-state index contributed by atoms with van der Waals surface area (Å²) in [6, 6.07) is 5.61. The molecule has 2 rings (SSSR count). The van der Waals surface area contributed by atoms with Gasteiger partial charge in [-0.3, -0.25) is 0 Å². The van der Waals surface area contributed by atoms with Gasteiger partial charge in [-0.15, -0.1) is 0 Å². The van der Waals surface area contributed by atoms with Gasteiger partial charge in [0.25, 0.3) is 0 Å². The third-order valence-corrected chi connectivity index (χ3v) is 3.53. The predicted molar refractivity (Wildman–Crippen MR) is 68.7 cm³/mol. The number of methoxy groups -OCH3 is 1. The van der Waals surface area contributed by atoms with Crippen molar-refractivity contribution in [2.45, 2.75) is 18.9 Å². The van der Waals surface area contributed by atoms with Crippen LogP contribution in [0.4, 0.5) is 0 Å². The molecule has 2 N–H and O–H groups in total. The first kappa shape index (κ1) is 12.7. The van der Waals surface area contributed by atoms with E-state index in [1.165, 1.54) is 0 Å². The van der Waals surface area contributed by atoms with Crippen LogP contribution < -0.4 is 10.1 Å². The fourth-order valence-electron chi connectivity index (χ4n) is 2.31. The van der Waals surface area contributed by atoms with Crippen molar-refractivity contribution in [1.29, 1.82) is 0 Å². The molecular formula is C13H18ClNO2. The summed E-state index contributed by atoms with van der Waals surface area (Å²) >= 11 is 5.99. The summed E-state index contributed by atoms with van der Waals surface area (Å²) in [6.07, 6.45) is 1.37. The number of aliphatic hydroxyl groups is 1. The minimum Gasteiger partial charge on any atom is -0.496 e. The van der Waals surface area contributed by atoms with Crippen molar-refractivity contribution in [3.05, 3.63) is 28.8 Å². The van der Waals surface area contributed by atoms with Crippen LogP contribution in [0.2, 0.25) is 5.02 Å². The Labute approximate surface area is 107 Å². The quantitative estimate of drug-likeness (QED) is 0.866. The first-order valence-corrected chi connectivity index (χ1v) is 6.29. The lowest BCUT2D eigenvalue weighted by Crippen LogP contribution is -2.40. The van der Waals surface area contributed by atoms with Crippen molar-refractivity contribution in [2.75, 3.05) is 20.2 Å². The molecule has 0 spiro atoms. The van der Waals surface area contributed by atoms with Gasteiger partial charge in [-0.25, -0.2) is 0 Å². The standard InChI is InChI=1S/C13H18ClNO2/c1-17-13-3-2-11(14)7-9(13)6-10-8-15-5-4-12(10)16/h2-3,7,10,12,15-16H,4-6,8H2,1H3. The molecule has 1 aromatic rings. The summed E-state index contributed by atoms with van der Waals surface area (Å²) in [5.74, 6) is 1.07. The van der Waals surface area contributed by atoms with Crippen LogP contribution >= 0.6 is 11.6 Å². The molecule has 1 aliphatic heterocycles. The maximum atomic E-state index is 9.95. The van der Waals surface area contributed by atoms with E-state index in [9.17, 15) is 5.11 Å². The minimum atomic E-state index is -0.236. The molecule has 1 heterocycles. The van der Waals surface area contributed by atoms with Crippen molar-refractivity contribution >= 4 is 11.6 Å². The molecule has 0 saturated carbocycles. The Kier molecular flexibility index (Phi) is 4.26. The van der Waals surface area contributed by atoms with Gasteiger partial charge in [-0.2, -0.15) is 0 Å². The van der Waals surface area contributed by atoms with E-state index in [2.05, 4.69) is 5.32 Å². The fourth-order valence-corrected chi connectivity index (χ4v) is 2.50. The van der Waals surface area contributed by atoms with Gasteiger partial charge in [0.2, 0.25) is 0 Å². The minimum absolute atomic E-state index is 0.233. The summed E-state index contributed by atoms with van der Waals surface area (Å²) in [4.78, 5) is 0. The van der Waals surface area contributed by atoms with E-state index in [1.807, 2.05) is 18.2 Å². The summed E-state index contributed by atoms with van der Waals surface area (Å²) in [6.45, 7) is 1.74. The Morgan fingerprint density at radius 2 is 2.35 bits per heavy atom. The highest BCUT2D eigenvalue weighted by Crippen LogP contribution is 2.27. The van der Waals surface area contributed by atoms with E-state index in [-0.39, 0.29) is 12.0 Å². The normalized spacial score (nSPS) is 24.6. The van der Waals surface area contributed by atoms with E-state index in [0.29, 0.717) is 5.02 Å². The molecular weight excluding hydrogens is 238 g/mol. The third kappa shape index (κ3) is 3.12. The molecule has 1 saturated heterocycles. The highest BCUT2D eigenvalue weighted by molar-refractivity contribution is 6.30. The lowest BCUT2D eigenvalue weighted by molar-refractivity contribution is 0.0788. The number of piperidine rings is 1. The fraction of sp³-hybridized carbons (Fsp3) is 0.538. The Morgan fingerprint density at radius 1 is 1.53 bits per heavy atom. The maximum absolute atomic E-state index is 9.95. The second kappa shape index (κ2) is 5.71. The number of nitrogens with one attached hydrogen (secondary N) is 1. The van der Waals surface area contributed by atoms with Crippen LogP contribution in [0.5, 0.6) is 5.75 Å². The smallest absolute Gasteiger partial charge is 0.122 e. The van der Waals surface area contributed by atoms with Crippen molar-refractivity contribution in [1.82, 2.24) is 5.32 Å². The number of hydrogen-bond donors (Lipinski definition) is 2. The first-order valence-electron chi connectivity index (χ1n) is 5.92. The van der Waals surface area contributed by atoms with Crippen LogP contribution in [0, 0.1) is 5.92 Å². The SMILES string of the molecule is COc1ccc(Cl)cc1CC1CNCCC1O. The van der Waals surface area contributed by atoms with Gasteiger partial charge < -0.3 is 15.2 Å². The molecule has 0 aliphatic carbocycles. The average Bonchev–Trinajstić information content (AvgIpc) is 2.32. The van der Waals surface area contributed by atoms with Gasteiger partial charge in [-0.1, -0.05) is 11.6 Å². The van der Waals surface area contributed by atoms with Gasteiger partial charge in [0.05, 0.1) is 13.2 Å². The van der Waals surface area contributed by atoms with Gasteiger partial charge in [0.15, 0.2) is 0 Å². The van der Waals surface area contributed by atoms with Crippen molar-refractivity contribution in [2.24, 2.45) is 5.92 Å². The lowest BCUT2D eigenvalue weighted by atomic mass is 9.89. The molecule has 1 fully saturated rings. The summed E-state index contributed by atoms with van der Waals surface area (Å²) in [7, 11) is 1.66. The molecule has 17 heavy (non-hydrogen) atoms. The summed E-state index contributed by atoms with van der Waals surface area (Å²) in [5.41, 5.74) is 1.06. The Bertz CT molecular complexity index is 384. The van der Waals surface area contributed by atoms with E-state index >= 15 is 0 Å². The highest BCUT2D eigenvalue weighted by atomic mass is 35.5. The van der Waals surface area contributed by atoms with Gasteiger partial charge in [0, 0.05) is 17.5 Å². The topological polar surface area (TPSA) is 41.5 Å². The number of aliphatic hydroxyl groups excluding tert-OH is 1. The van der Waals surface area contributed by atoms with Crippen LogP contribution in [-0.2, 0) is 6.42 Å². The number of benzene rings is 1. The van der Waals surface area contributed by atoms with Gasteiger partial charge in [0.1, 0.15) is 5.75 Å². The van der Waals surface area contributed by atoms with Crippen molar-refractivity contribution < 1.29 is 9.84 Å². The zero-order chi connectivity index (χ0) is 12.3. The molecule has 0 amide bonds. The maximum Gasteiger partial charge on any atom is 0.122 e. The van der Waals surface area contributed by atoms with Crippen molar-refractivity contribution in [3.63, 3.8) is 0 Å². The molecule has 4 heteroatoms. The molecule has 0 radical (unpaired) electrons. The Balaban J connectivity index is 2.13. The number of hydrogen-bond acceptors (Lipinski definition) is 3. The van der Waals surface area contributed by atoms with Crippen LogP contribution in [-0.4, -0.2) is 31.4 Å². The first-order chi connectivity index (χ1) is 8.20. The molecule has 94 valence electrons. The molecule has 0 aromatic heterocycles.